The second-order valence-corrected chi connectivity index (χ2v) is 6.43. The molecule has 0 bridgehead atoms. The minimum atomic E-state index is -0.848. The molecule has 1 saturated heterocycles. The zero-order valence-electron chi connectivity index (χ0n) is 14.5. The van der Waals surface area contributed by atoms with Crippen molar-refractivity contribution in [3.63, 3.8) is 0 Å². The molecule has 1 aliphatic heterocycles. The van der Waals surface area contributed by atoms with Gasteiger partial charge in [0.05, 0.1) is 17.6 Å². The molecule has 8 heteroatoms. The molecule has 2 aromatic heterocycles. The fraction of sp³-hybridized carbons (Fsp3) is 0.389. The third-order valence-electron chi connectivity index (χ3n) is 4.80. The second-order valence-electron chi connectivity index (χ2n) is 6.43. The fourth-order valence-electron chi connectivity index (χ4n) is 3.47. The Hall–Kier alpha value is -3.03. The molecule has 0 aliphatic carbocycles. The van der Waals surface area contributed by atoms with Gasteiger partial charge in [0.2, 0.25) is 5.95 Å². The maximum atomic E-state index is 11.3. The van der Waals surface area contributed by atoms with E-state index in [1.165, 1.54) is 4.90 Å². The van der Waals surface area contributed by atoms with Gasteiger partial charge >= 0.3 is 6.09 Å². The Morgan fingerprint density at radius 2 is 1.96 bits per heavy atom. The number of aromatic nitrogens is 4. The lowest BCUT2D eigenvalue weighted by atomic mass is 10.3. The van der Waals surface area contributed by atoms with Crippen LogP contribution in [0.4, 0.5) is 10.7 Å². The topological polar surface area (TPSA) is 79.4 Å². The van der Waals surface area contributed by atoms with Gasteiger partial charge in [0.15, 0.2) is 0 Å². The van der Waals surface area contributed by atoms with Crippen molar-refractivity contribution < 1.29 is 9.90 Å². The van der Waals surface area contributed by atoms with Crippen molar-refractivity contribution in [2.75, 3.05) is 31.1 Å². The van der Waals surface area contributed by atoms with E-state index in [4.69, 9.17) is 4.98 Å². The Bertz CT molecular complexity index is 888. The van der Waals surface area contributed by atoms with Crippen molar-refractivity contribution >= 4 is 23.1 Å². The minimum Gasteiger partial charge on any atom is -0.465 e. The number of aryl methyl sites for hydroxylation is 2. The minimum absolute atomic E-state index is 0.498. The van der Waals surface area contributed by atoms with E-state index in [1.54, 1.807) is 6.20 Å². The van der Waals surface area contributed by atoms with Gasteiger partial charge in [0.1, 0.15) is 0 Å². The van der Waals surface area contributed by atoms with Crippen LogP contribution >= 0.6 is 0 Å². The molecule has 4 rings (SSSR count). The molecule has 1 amide bonds. The third kappa shape index (κ3) is 3.22. The number of para-hydroxylation sites is 2. The van der Waals surface area contributed by atoms with Gasteiger partial charge in [0.25, 0.3) is 0 Å². The van der Waals surface area contributed by atoms with E-state index in [-0.39, 0.29) is 0 Å². The number of amides is 1. The molecular weight excluding hydrogens is 332 g/mol. The second kappa shape index (κ2) is 7.07. The summed E-state index contributed by atoms with van der Waals surface area (Å²) in [4.78, 5) is 19.8. The first-order valence-electron chi connectivity index (χ1n) is 8.88. The van der Waals surface area contributed by atoms with Crippen LogP contribution in [0.2, 0.25) is 0 Å². The van der Waals surface area contributed by atoms with Gasteiger partial charge in [-0.1, -0.05) is 12.1 Å². The molecule has 0 unspecified atom stereocenters. The lowest BCUT2D eigenvalue weighted by Gasteiger charge is -2.23. The van der Waals surface area contributed by atoms with Gasteiger partial charge in [-0.2, -0.15) is 5.10 Å². The summed E-state index contributed by atoms with van der Waals surface area (Å²) >= 11 is 0. The maximum absolute atomic E-state index is 11.3. The number of imidazole rings is 1. The monoisotopic (exact) mass is 354 g/mol. The Morgan fingerprint density at radius 3 is 2.77 bits per heavy atom. The molecule has 3 heterocycles. The first kappa shape index (κ1) is 16.4. The van der Waals surface area contributed by atoms with Gasteiger partial charge < -0.3 is 19.5 Å². The van der Waals surface area contributed by atoms with Crippen LogP contribution in [0, 0.1) is 0 Å². The van der Waals surface area contributed by atoms with Crippen LogP contribution < -0.4 is 4.90 Å². The summed E-state index contributed by atoms with van der Waals surface area (Å²) < 4.78 is 4.13. The van der Waals surface area contributed by atoms with Gasteiger partial charge in [0, 0.05) is 45.1 Å². The number of rotatable bonds is 4. The first-order valence-corrected chi connectivity index (χ1v) is 8.88. The highest BCUT2D eigenvalue weighted by atomic mass is 16.4. The Morgan fingerprint density at radius 1 is 1.08 bits per heavy atom. The molecule has 0 saturated carbocycles. The maximum Gasteiger partial charge on any atom is 0.407 e. The number of nitrogens with zero attached hydrogens (tertiary/aromatic N) is 6. The van der Waals surface area contributed by atoms with Crippen LogP contribution in [-0.2, 0) is 13.1 Å². The highest BCUT2D eigenvalue weighted by Crippen LogP contribution is 2.24. The van der Waals surface area contributed by atoms with Crippen LogP contribution in [0.3, 0.4) is 0 Å². The van der Waals surface area contributed by atoms with E-state index >= 15 is 0 Å². The van der Waals surface area contributed by atoms with Gasteiger partial charge in [-0.05, 0) is 24.6 Å². The fourth-order valence-corrected chi connectivity index (χ4v) is 3.47. The molecule has 0 atom stereocenters. The molecule has 3 aromatic rings. The molecule has 8 nitrogen and oxygen atoms in total. The zero-order valence-corrected chi connectivity index (χ0v) is 14.5. The van der Waals surface area contributed by atoms with E-state index in [2.05, 4.69) is 20.6 Å². The quantitative estimate of drug-likeness (QED) is 0.776. The van der Waals surface area contributed by atoms with Crippen molar-refractivity contribution in [1.82, 2.24) is 24.2 Å². The summed E-state index contributed by atoms with van der Waals surface area (Å²) in [5, 5.41) is 13.5. The average molecular weight is 354 g/mol. The number of fused-ring (bicyclic) bond motifs is 1. The van der Waals surface area contributed by atoms with Crippen molar-refractivity contribution in [2.45, 2.75) is 19.5 Å². The Kier molecular flexibility index (Phi) is 4.47. The number of carboxylic acid groups (broad SMARTS) is 1. The van der Waals surface area contributed by atoms with Crippen molar-refractivity contribution in [3.05, 3.63) is 42.7 Å². The van der Waals surface area contributed by atoms with Crippen LogP contribution in [0.15, 0.2) is 42.7 Å². The van der Waals surface area contributed by atoms with Crippen molar-refractivity contribution in [2.24, 2.45) is 0 Å². The smallest absolute Gasteiger partial charge is 0.407 e. The van der Waals surface area contributed by atoms with E-state index in [9.17, 15) is 9.90 Å². The van der Waals surface area contributed by atoms with E-state index in [0.717, 1.165) is 43.0 Å². The predicted octanol–water partition coefficient (Wildman–Crippen LogP) is 2.12. The number of anilines is 1. The normalized spacial score (nSPS) is 15.4. The lowest BCUT2D eigenvalue weighted by molar-refractivity contribution is 0.148. The van der Waals surface area contributed by atoms with Gasteiger partial charge in [-0.25, -0.2) is 9.78 Å². The first-order chi connectivity index (χ1) is 12.7. The molecular formula is C18H22N6O2. The molecule has 26 heavy (non-hydrogen) atoms. The zero-order chi connectivity index (χ0) is 17.9. The van der Waals surface area contributed by atoms with E-state index in [0.29, 0.717) is 19.6 Å². The molecule has 0 radical (unpaired) electrons. The standard InChI is InChI=1S/C18H22N6O2/c25-18(26)22-9-4-8-21(11-12-22)17-20-15-5-1-2-6-16(15)24(17)14-13-23-10-3-7-19-23/h1-3,5-7,10H,4,8-9,11-14H2,(H,25,26). The van der Waals surface area contributed by atoms with Crippen molar-refractivity contribution in [3.8, 4) is 0 Å². The summed E-state index contributed by atoms with van der Waals surface area (Å²) in [6.07, 6.45) is 3.69. The largest absolute Gasteiger partial charge is 0.465 e. The Balaban J connectivity index is 1.63. The van der Waals surface area contributed by atoms with Gasteiger partial charge in [-0.3, -0.25) is 4.68 Å². The SMILES string of the molecule is O=C(O)N1CCCN(c2nc3ccccc3n2CCn2cccn2)CC1. The lowest BCUT2D eigenvalue weighted by Crippen LogP contribution is -2.35. The highest BCUT2D eigenvalue weighted by Gasteiger charge is 2.22. The summed E-state index contributed by atoms with van der Waals surface area (Å²) in [5.74, 6) is 0.908. The molecule has 1 N–H and O–H groups in total. The number of carbonyl (C=O) groups is 1. The summed E-state index contributed by atoms with van der Waals surface area (Å²) in [5.41, 5.74) is 2.05. The molecule has 0 spiro atoms. The van der Waals surface area contributed by atoms with Crippen LogP contribution in [0.1, 0.15) is 6.42 Å². The summed E-state index contributed by atoms with van der Waals surface area (Å²) in [6, 6.07) is 10.0. The number of hydrogen-bond acceptors (Lipinski definition) is 4. The molecule has 1 aliphatic rings. The van der Waals surface area contributed by atoms with E-state index < -0.39 is 6.09 Å². The molecule has 1 aromatic carbocycles. The van der Waals surface area contributed by atoms with Crippen LogP contribution in [0.5, 0.6) is 0 Å². The Labute approximate surface area is 151 Å². The summed E-state index contributed by atoms with van der Waals surface area (Å²) in [7, 11) is 0. The van der Waals surface area contributed by atoms with Crippen LogP contribution in [0.25, 0.3) is 11.0 Å². The van der Waals surface area contributed by atoms with E-state index in [1.807, 2.05) is 35.1 Å². The van der Waals surface area contributed by atoms with Crippen molar-refractivity contribution in [1.29, 1.82) is 0 Å². The highest BCUT2D eigenvalue weighted by molar-refractivity contribution is 5.78. The number of benzene rings is 1. The average Bonchev–Trinajstić information content (AvgIpc) is 3.21. The predicted molar refractivity (Wildman–Crippen MR) is 98.4 cm³/mol. The molecule has 1 fully saturated rings. The third-order valence-corrected chi connectivity index (χ3v) is 4.80. The molecule has 136 valence electrons. The van der Waals surface area contributed by atoms with Gasteiger partial charge in [-0.15, -0.1) is 0 Å². The number of hydrogen-bond donors (Lipinski definition) is 1. The summed E-state index contributed by atoms with van der Waals surface area (Å²) in [6.45, 7) is 4.04. The van der Waals surface area contributed by atoms with Crippen LogP contribution in [-0.4, -0.2) is 61.6 Å².